The van der Waals surface area contributed by atoms with Gasteiger partial charge in [-0.25, -0.2) is 8.78 Å². The lowest BCUT2D eigenvalue weighted by Crippen LogP contribution is -2.08. The molecular weight excluding hydrogens is 359 g/mol. The molecule has 0 fully saturated rings. The Morgan fingerprint density at radius 1 is 0.852 bits per heavy atom. The molecule has 27 heavy (non-hydrogen) atoms. The molecule has 0 spiro atoms. The van der Waals surface area contributed by atoms with Crippen LogP contribution < -0.4 is 0 Å². The standard InChI is InChI=1S/C22H15F5/c1-2-12-3-5-15-14(9-12)10-18-17(15)7-6-16(21(18)24)13-4-8-19(20(23)11-13)22(25,26)27/h3-9,11H,2,10H2,1H3. The van der Waals surface area contributed by atoms with Crippen molar-refractivity contribution < 1.29 is 22.0 Å². The molecule has 1 aliphatic rings. The first kappa shape index (κ1) is 17.7. The van der Waals surface area contributed by atoms with Gasteiger partial charge < -0.3 is 0 Å². The fourth-order valence-electron chi connectivity index (χ4n) is 3.65. The van der Waals surface area contributed by atoms with Crippen molar-refractivity contribution >= 4 is 0 Å². The van der Waals surface area contributed by atoms with Gasteiger partial charge in [-0.2, -0.15) is 13.2 Å². The zero-order chi connectivity index (χ0) is 19.3. The van der Waals surface area contributed by atoms with Gasteiger partial charge >= 0.3 is 6.18 Å². The molecule has 3 aromatic rings. The SMILES string of the molecule is CCc1ccc2c(c1)Cc1c-2ccc(-c2ccc(C(F)(F)F)c(F)c2)c1F. The van der Waals surface area contributed by atoms with Crippen LogP contribution in [-0.4, -0.2) is 0 Å². The van der Waals surface area contributed by atoms with Crippen molar-refractivity contribution in [1.82, 2.24) is 0 Å². The molecule has 1 aliphatic carbocycles. The Kier molecular flexibility index (Phi) is 4.06. The highest BCUT2D eigenvalue weighted by atomic mass is 19.4. The largest absolute Gasteiger partial charge is 0.419 e. The van der Waals surface area contributed by atoms with Crippen molar-refractivity contribution in [2.24, 2.45) is 0 Å². The summed E-state index contributed by atoms with van der Waals surface area (Å²) in [5.41, 5.74) is 3.26. The molecule has 4 rings (SSSR count). The number of fused-ring (bicyclic) bond motifs is 3. The number of halogens is 5. The number of hydrogen-bond donors (Lipinski definition) is 0. The Morgan fingerprint density at radius 3 is 2.22 bits per heavy atom. The van der Waals surface area contributed by atoms with Crippen LogP contribution in [0, 0.1) is 11.6 Å². The van der Waals surface area contributed by atoms with Gasteiger partial charge in [0.1, 0.15) is 11.6 Å². The molecule has 138 valence electrons. The maximum atomic E-state index is 15.1. The highest BCUT2D eigenvalue weighted by molar-refractivity contribution is 5.81. The van der Waals surface area contributed by atoms with Crippen molar-refractivity contribution in [1.29, 1.82) is 0 Å². The van der Waals surface area contributed by atoms with E-state index in [0.717, 1.165) is 40.8 Å². The second-order valence-corrected chi connectivity index (χ2v) is 6.67. The van der Waals surface area contributed by atoms with E-state index in [-0.39, 0.29) is 11.1 Å². The van der Waals surface area contributed by atoms with E-state index in [1.807, 2.05) is 25.1 Å². The first-order chi connectivity index (χ1) is 12.8. The van der Waals surface area contributed by atoms with E-state index in [4.69, 9.17) is 0 Å². The van der Waals surface area contributed by atoms with Crippen LogP contribution in [0.3, 0.4) is 0 Å². The average Bonchev–Trinajstić information content (AvgIpc) is 2.99. The molecule has 0 amide bonds. The van der Waals surface area contributed by atoms with Crippen LogP contribution in [0.25, 0.3) is 22.3 Å². The van der Waals surface area contributed by atoms with Gasteiger partial charge in [0.05, 0.1) is 5.56 Å². The summed E-state index contributed by atoms with van der Waals surface area (Å²) in [6.45, 7) is 2.04. The van der Waals surface area contributed by atoms with Crippen LogP contribution in [-0.2, 0) is 19.0 Å². The van der Waals surface area contributed by atoms with Crippen LogP contribution in [0.15, 0.2) is 48.5 Å². The normalized spacial score (nSPS) is 12.8. The monoisotopic (exact) mass is 374 g/mol. The summed E-state index contributed by atoms with van der Waals surface area (Å²) < 4.78 is 67.2. The Labute approximate surface area is 153 Å². The maximum absolute atomic E-state index is 15.1. The third-order valence-corrected chi connectivity index (χ3v) is 5.06. The first-order valence-electron chi connectivity index (χ1n) is 8.60. The first-order valence-corrected chi connectivity index (χ1v) is 8.60. The quantitative estimate of drug-likeness (QED) is 0.339. The summed E-state index contributed by atoms with van der Waals surface area (Å²) in [4.78, 5) is 0. The minimum Gasteiger partial charge on any atom is -0.206 e. The maximum Gasteiger partial charge on any atom is 0.419 e. The van der Waals surface area contributed by atoms with Crippen molar-refractivity contribution in [3.63, 3.8) is 0 Å². The third kappa shape index (κ3) is 2.91. The predicted octanol–water partition coefficient (Wildman–Crippen LogP) is 6.78. The Bertz CT molecular complexity index is 1050. The second kappa shape index (κ2) is 6.19. The van der Waals surface area contributed by atoms with Crippen LogP contribution in [0.4, 0.5) is 22.0 Å². The Morgan fingerprint density at radius 2 is 1.56 bits per heavy atom. The highest BCUT2D eigenvalue weighted by Crippen LogP contribution is 2.42. The van der Waals surface area contributed by atoms with Crippen LogP contribution in [0.5, 0.6) is 0 Å². The topological polar surface area (TPSA) is 0 Å². The number of aryl methyl sites for hydroxylation is 1. The summed E-state index contributed by atoms with van der Waals surface area (Å²) in [5.74, 6) is -1.92. The lowest BCUT2D eigenvalue weighted by atomic mass is 9.97. The average molecular weight is 374 g/mol. The molecule has 0 nitrogen and oxygen atoms in total. The molecule has 0 aromatic heterocycles. The van der Waals surface area contributed by atoms with E-state index in [1.165, 1.54) is 6.07 Å². The third-order valence-electron chi connectivity index (χ3n) is 5.06. The summed E-state index contributed by atoms with van der Waals surface area (Å²) in [5, 5.41) is 0. The van der Waals surface area contributed by atoms with Crippen molar-refractivity contribution in [2.75, 3.05) is 0 Å². The molecule has 0 aliphatic heterocycles. The van der Waals surface area contributed by atoms with Gasteiger partial charge in [-0.15, -0.1) is 0 Å². The fraction of sp³-hybridized carbons (Fsp3) is 0.182. The molecular formula is C22H15F5. The van der Waals surface area contributed by atoms with Crippen LogP contribution in [0.1, 0.15) is 29.2 Å². The highest BCUT2D eigenvalue weighted by Gasteiger charge is 2.34. The van der Waals surface area contributed by atoms with Gasteiger partial charge in [0.2, 0.25) is 0 Å². The number of rotatable bonds is 2. The Balaban J connectivity index is 1.78. The number of alkyl halides is 3. The predicted molar refractivity (Wildman–Crippen MR) is 94.4 cm³/mol. The zero-order valence-electron chi connectivity index (χ0n) is 14.4. The second-order valence-electron chi connectivity index (χ2n) is 6.67. The minimum atomic E-state index is -4.78. The molecule has 0 saturated carbocycles. The molecule has 0 atom stereocenters. The van der Waals surface area contributed by atoms with Gasteiger partial charge in [0.15, 0.2) is 0 Å². The lowest BCUT2D eigenvalue weighted by Gasteiger charge is -2.12. The van der Waals surface area contributed by atoms with E-state index < -0.39 is 23.4 Å². The molecule has 5 heteroatoms. The molecule has 0 unspecified atom stereocenters. The van der Waals surface area contributed by atoms with E-state index in [9.17, 15) is 17.6 Å². The van der Waals surface area contributed by atoms with Crippen molar-refractivity contribution in [3.05, 3.63) is 82.4 Å². The number of benzene rings is 3. The minimum absolute atomic E-state index is 0.0889. The van der Waals surface area contributed by atoms with E-state index in [0.29, 0.717) is 18.1 Å². The molecule has 0 saturated heterocycles. The fourth-order valence-corrected chi connectivity index (χ4v) is 3.65. The summed E-state index contributed by atoms with van der Waals surface area (Å²) in [6.07, 6.45) is -3.48. The van der Waals surface area contributed by atoms with Gasteiger partial charge in [-0.3, -0.25) is 0 Å². The van der Waals surface area contributed by atoms with E-state index in [2.05, 4.69) is 0 Å². The molecule has 0 heterocycles. The van der Waals surface area contributed by atoms with Crippen molar-refractivity contribution in [3.8, 4) is 22.3 Å². The molecule has 0 N–H and O–H groups in total. The lowest BCUT2D eigenvalue weighted by molar-refractivity contribution is -0.139. The van der Waals surface area contributed by atoms with Gasteiger partial charge in [-0.05, 0) is 46.4 Å². The summed E-state index contributed by atoms with van der Waals surface area (Å²) in [6, 6.07) is 11.8. The van der Waals surface area contributed by atoms with Gasteiger partial charge in [0, 0.05) is 17.5 Å². The molecule has 0 bridgehead atoms. The van der Waals surface area contributed by atoms with Gasteiger partial charge in [-0.1, -0.05) is 43.3 Å². The molecule has 3 aromatic carbocycles. The number of hydrogen-bond acceptors (Lipinski definition) is 0. The van der Waals surface area contributed by atoms with E-state index in [1.54, 1.807) is 6.07 Å². The Hall–Kier alpha value is -2.69. The molecule has 0 radical (unpaired) electrons. The summed E-state index contributed by atoms with van der Waals surface area (Å²) >= 11 is 0. The van der Waals surface area contributed by atoms with Crippen LogP contribution in [0.2, 0.25) is 0 Å². The summed E-state index contributed by atoms with van der Waals surface area (Å²) in [7, 11) is 0. The van der Waals surface area contributed by atoms with Crippen molar-refractivity contribution in [2.45, 2.75) is 25.9 Å². The van der Waals surface area contributed by atoms with Gasteiger partial charge in [0.25, 0.3) is 0 Å². The zero-order valence-corrected chi connectivity index (χ0v) is 14.4. The van der Waals surface area contributed by atoms with Crippen LogP contribution >= 0.6 is 0 Å². The van der Waals surface area contributed by atoms with E-state index >= 15 is 4.39 Å². The smallest absolute Gasteiger partial charge is 0.206 e.